The molecule has 3 aromatic rings. The van der Waals surface area contributed by atoms with Crippen molar-refractivity contribution in [3.63, 3.8) is 0 Å². The number of furan rings is 1. The van der Waals surface area contributed by atoms with Crippen LogP contribution in [0.1, 0.15) is 55.6 Å². The number of hydrogen-bond donors (Lipinski definition) is 1. The van der Waals surface area contributed by atoms with Crippen molar-refractivity contribution < 1.29 is 18.7 Å². The first-order valence-corrected chi connectivity index (χ1v) is 12.4. The molecule has 3 atom stereocenters. The molecule has 0 saturated heterocycles. The van der Waals surface area contributed by atoms with Gasteiger partial charge in [0.1, 0.15) is 22.7 Å². The lowest BCUT2D eigenvalue weighted by Crippen LogP contribution is -2.65. The molecule has 7 heteroatoms. The van der Waals surface area contributed by atoms with Crippen LogP contribution in [0.5, 0.6) is 5.75 Å². The Hall–Kier alpha value is -3.48. The van der Waals surface area contributed by atoms with Gasteiger partial charge in [-0.1, -0.05) is 31.9 Å². The molecule has 35 heavy (non-hydrogen) atoms. The number of fused-ring (bicyclic) bond motifs is 1. The number of rotatable bonds is 6. The summed E-state index contributed by atoms with van der Waals surface area (Å²) in [5, 5.41) is 3.32. The molecule has 1 saturated carbocycles. The van der Waals surface area contributed by atoms with E-state index in [1.165, 1.54) is 6.42 Å². The van der Waals surface area contributed by atoms with E-state index in [1.54, 1.807) is 18.3 Å². The number of amides is 2. The third-order valence-corrected chi connectivity index (χ3v) is 7.67. The maximum absolute atomic E-state index is 14.0. The van der Waals surface area contributed by atoms with Gasteiger partial charge < -0.3 is 23.9 Å². The molecule has 1 aliphatic heterocycles. The number of carbonyl (C=O) groups is 2. The molecular weight excluding hydrogens is 442 g/mol. The third-order valence-electron chi connectivity index (χ3n) is 7.67. The summed E-state index contributed by atoms with van der Waals surface area (Å²) in [4.78, 5) is 29.6. The number of carbonyl (C=O) groups excluding carboxylic acids is 2. The number of nitrogens with one attached hydrogen (secondary N) is 1. The summed E-state index contributed by atoms with van der Waals surface area (Å²) in [6.45, 7) is 4.73. The quantitative estimate of drug-likeness (QED) is 0.552. The van der Waals surface area contributed by atoms with Gasteiger partial charge in [-0.2, -0.15) is 0 Å². The van der Waals surface area contributed by atoms with Crippen LogP contribution in [0.2, 0.25) is 0 Å². The Kier molecular flexibility index (Phi) is 6.17. The van der Waals surface area contributed by atoms with Crippen molar-refractivity contribution in [2.45, 2.75) is 64.2 Å². The molecule has 1 aliphatic carbocycles. The van der Waals surface area contributed by atoms with Crippen LogP contribution in [0.25, 0.3) is 11.5 Å². The average Bonchev–Trinajstić information content (AvgIpc) is 3.53. The van der Waals surface area contributed by atoms with Gasteiger partial charge in [-0.25, -0.2) is 0 Å². The molecule has 0 radical (unpaired) electrons. The van der Waals surface area contributed by atoms with E-state index in [2.05, 4.69) is 12.2 Å². The summed E-state index contributed by atoms with van der Waals surface area (Å²) in [5.74, 6) is 1.53. The molecule has 3 heterocycles. The van der Waals surface area contributed by atoms with E-state index in [4.69, 9.17) is 9.15 Å². The van der Waals surface area contributed by atoms with Crippen LogP contribution in [-0.4, -0.2) is 40.0 Å². The van der Waals surface area contributed by atoms with Crippen molar-refractivity contribution in [1.29, 1.82) is 0 Å². The van der Waals surface area contributed by atoms with E-state index in [9.17, 15) is 9.59 Å². The monoisotopic (exact) mass is 475 g/mol. The molecule has 2 aromatic heterocycles. The van der Waals surface area contributed by atoms with Crippen LogP contribution in [0.15, 0.2) is 59.2 Å². The zero-order chi connectivity index (χ0) is 24.6. The minimum Gasteiger partial charge on any atom is -0.497 e. The lowest BCUT2D eigenvalue weighted by molar-refractivity contribution is -0.134. The highest BCUT2D eigenvalue weighted by Gasteiger charge is 2.48. The Balaban J connectivity index is 1.53. The molecule has 0 spiro atoms. The first-order chi connectivity index (χ1) is 16.9. The molecule has 1 N–H and O–H groups in total. The predicted octanol–water partition coefficient (Wildman–Crippen LogP) is 4.87. The summed E-state index contributed by atoms with van der Waals surface area (Å²) in [6.07, 6.45) is 6.01. The summed E-state index contributed by atoms with van der Waals surface area (Å²) < 4.78 is 12.9. The van der Waals surface area contributed by atoms with Crippen molar-refractivity contribution >= 4 is 11.8 Å². The van der Waals surface area contributed by atoms with Gasteiger partial charge in [-0.3, -0.25) is 9.59 Å². The van der Waals surface area contributed by atoms with Gasteiger partial charge in [0.2, 0.25) is 5.91 Å². The third kappa shape index (κ3) is 4.24. The van der Waals surface area contributed by atoms with Crippen LogP contribution in [-0.2, 0) is 17.9 Å². The second kappa shape index (κ2) is 9.29. The summed E-state index contributed by atoms with van der Waals surface area (Å²) >= 11 is 0. The number of hydrogen-bond acceptors (Lipinski definition) is 4. The largest absolute Gasteiger partial charge is 0.497 e. The van der Waals surface area contributed by atoms with E-state index in [0.717, 1.165) is 36.3 Å². The molecule has 2 amide bonds. The predicted molar refractivity (Wildman–Crippen MR) is 133 cm³/mol. The van der Waals surface area contributed by atoms with Crippen LogP contribution >= 0.6 is 0 Å². The smallest absolute Gasteiger partial charge is 0.271 e. The molecule has 1 fully saturated rings. The first-order valence-electron chi connectivity index (χ1n) is 12.4. The van der Waals surface area contributed by atoms with Gasteiger partial charge in [-0.15, -0.1) is 0 Å². The summed E-state index contributed by atoms with van der Waals surface area (Å²) in [7, 11) is 1.62. The highest BCUT2D eigenvalue weighted by molar-refractivity contribution is 6.00. The Morgan fingerprint density at radius 3 is 2.69 bits per heavy atom. The van der Waals surface area contributed by atoms with E-state index in [-0.39, 0.29) is 17.9 Å². The highest BCUT2D eigenvalue weighted by atomic mass is 16.5. The average molecular weight is 476 g/mol. The molecule has 0 bridgehead atoms. The fourth-order valence-electron chi connectivity index (χ4n) is 5.47. The van der Waals surface area contributed by atoms with Crippen molar-refractivity contribution in [2.75, 3.05) is 7.11 Å². The van der Waals surface area contributed by atoms with Crippen LogP contribution in [0.4, 0.5) is 0 Å². The van der Waals surface area contributed by atoms with Crippen LogP contribution in [0.3, 0.4) is 0 Å². The molecule has 0 unspecified atom stereocenters. The number of aromatic nitrogens is 1. The lowest BCUT2D eigenvalue weighted by atomic mass is 9.85. The Bertz CT molecular complexity index is 1210. The van der Waals surface area contributed by atoms with Crippen LogP contribution < -0.4 is 10.1 Å². The van der Waals surface area contributed by atoms with Crippen molar-refractivity contribution in [3.05, 3.63) is 66.1 Å². The number of benzene rings is 1. The maximum Gasteiger partial charge on any atom is 0.271 e. The number of nitrogens with zero attached hydrogens (tertiary/aromatic N) is 2. The first kappa shape index (κ1) is 23.3. The summed E-state index contributed by atoms with van der Waals surface area (Å²) in [5.41, 5.74) is 1.18. The standard InChI is InChI=1S/C28H33N3O4/c1-19-8-4-5-11-22(19)29-27(33)28(2)18-30-23(25-12-7-15-35-25)13-14-24(30)26(32)31(28)17-20-9-6-10-21(16-20)34-3/h6-7,9-10,12-16,19,22H,4-5,8,11,17-18H2,1-3H3,(H,29,33)/t19-,22-,28+/m0/s1. The Labute approximate surface area is 206 Å². The number of ether oxygens (including phenoxy) is 1. The van der Waals surface area contributed by atoms with Crippen molar-refractivity contribution in [2.24, 2.45) is 5.92 Å². The topological polar surface area (TPSA) is 76.7 Å². The van der Waals surface area contributed by atoms with E-state index >= 15 is 0 Å². The van der Waals surface area contributed by atoms with Gasteiger partial charge in [-0.05, 0) is 67.6 Å². The van der Waals surface area contributed by atoms with Gasteiger partial charge in [0.25, 0.3) is 5.91 Å². The minimum atomic E-state index is -1.08. The molecule has 1 aromatic carbocycles. The molecule has 184 valence electrons. The molecule has 5 rings (SSSR count). The fourth-order valence-corrected chi connectivity index (χ4v) is 5.47. The maximum atomic E-state index is 14.0. The zero-order valence-electron chi connectivity index (χ0n) is 20.6. The van der Waals surface area contributed by atoms with Gasteiger partial charge in [0.15, 0.2) is 0 Å². The van der Waals surface area contributed by atoms with E-state index < -0.39 is 5.54 Å². The SMILES string of the molecule is COc1cccc(CN2C(=O)c3ccc(-c4ccco4)n3C[C@]2(C)C(=O)N[C@H]2CCCC[C@@H]2C)c1. The van der Waals surface area contributed by atoms with Gasteiger partial charge in [0.05, 0.1) is 25.6 Å². The van der Waals surface area contributed by atoms with E-state index in [0.29, 0.717) is 30.5 Å². The van der Waals surface area contributed by atoms with Gasteiger partial charge in [0, 0.05) is 12.6 Å². The van der Waals surface area contributed by atoms with E-state index in [1.807, 2.05) is 60.0 Å². The van der Waals surface area contributed by atoms with Crippen molar-refractivity contribution in [1.82, 2.24) is 14.8 Å². The molecular formula is C28H33N3O4. The fraction of sp³-hybridized carbons (Fsp3) is 0.429. The molecule has 7 nitrogen and oxygen atoms in total. The Morgan fingerprint density at radius 2 is 1.94 bits per heavy atom. The van der Waals surface area contributed by atoms with Crippen molar-refractivity contribution in [3.8, 4) is 17.2 Å². The Morgan fingerprint density at radius 1 is 1.14 bits per heavy atom. The minimum absolute atomic E-state index is 0.114. The normalized spacial score (nSPS) is 24.2. The highest BCUT2D eigenvalue weighted by Crippen LogP contribution is 2.35. The second-order valence-corrected chi connectivity index (χ2v) is 10.0. The molecule has 2 aliphatic rings. The summed E-state index contributed by atoms with van der Waals surface area (Å²) in [6, 6.07) is 15.2. The zero-order valence-corrected chi connectivity index (χ0v) is 20.6. The number of methoxy groups -OCH3 is 1. The second-order valence-electron chi connectivity index (χ2n) is 10.0. The van der Waals surface area contributed by atoms with Crippen LogP contribution in [0, 0.1) is 5.92 Å². The van der Waals surface area contributed by atoms with Gasteiger partial charge >= 0.3 is 0 Å². The lowest BCUT2D eigenvalue weighted by Gasteiger charge is -2.45.